The number of fused-ring (bicyclic) bond motifs is 1. The Morgan fingerprint density at radius 2 is 1.56 bits per heavy atom. The van der Waals surface area contributed by atoms with Gasteiger partial charge in [0.15, 0.2) is 0 Å². The molecule has 4 heteroatoms. The molecule has 0 atom stereocenters. The summed E-state index contributed by atoms with van der Waals surface area (Å²) < 4.78 is 28.1. The zero-order chi connectivity index (χ0) is 12.6. The molecule has 0 saturated carbocycles. The zero-order valence-electron chi connectivity index (χ0n) is 9.58. The molecule has 1 aliphatic rings. The topological polar surface area (TPSA) is 46.5 Å². The first-order valence-electron chi connectivity index (χ1n) is 5.64. The number of benzene rings is 2. The van der Waals surface area contributed by atoms with E-state index in [4.69, 9.17) is 0 Å². The van der Waals surface area contributed by atoms with Crippen LogP contribution in [-0.2, 0) is 16.4 Å². The SMILES string of the molecule is O=S1(=O)N=C(c2ccccc2)Cc2ccccc21. The Kier molecular flexibility index (Phi) is 2.52. The second-order valence-corrected chi connectivity index (χ2v) is 5.74. The van der Waals surface area contributed by atoms with Gasteiger partial charge in [0.05, 0.1) is 10.6 Å². The number of nitrogens with zero attached hydrogens (tertiary/aromatic N) is 1. The number of hydrogen-bond acceptors (Lipinski definition) is 2. The van der Waals surface area contributed by atoms with Crippen molar-refractivity contribution in [2.75, 3.05) is 0 Å². The maximum absolute atomic E-state index is 12.1. The van der Waals surface area contributed by atoms with Gasteiger partial charge in [-0.3, -0.25) is 0 Å². The van der Waals surface area contributed by atoms with Gasteiger partial charge in [0.2, 0.25) is 0 Å². The van der Waals surface area contributed by atoms with Gasteiger partial charge in [-0.1, -0.05) is 48.5 Å². The zero-order valence-corrected chi connectivity index (χ0v) is 10.4. The second-order valence-electron chi connectivity index (χ2n) is 4.16. The number of hydrogen-bond donors (Lipinski definition) is 0. The quantitative estimate of drug-likeness (QED) is 0.787. The third-order valence-corrected chi connectivity index (χ3v) is 4.36. The molecule has 0 aromatic heterocycles. The van der Waals surface area contributed by atoms with Crippen molar-refractivity contribution >= 4 is 15.7 Å². The summed E-state index contributed by atoms with van der Waals surface area (Å²) in [5, 5.41) is 0. The van der Waals surface area contributed by atoms with Gasteiger partial charge in [0.1, 0.15) is 0 Å². The smallest absolute Gasteiger partial charge is 0.199 e. The molecule has 2 aromatic rings. The minimum absolute atomic E-state index is 0.324. The van der Waals surface area contributed by atoms with E-state index in [0.29, 0.717) is 17.0 Å². The van der Waals surface area contributed by atoms with Crippen LogP contribution < -0.4 is 0 Å². The Hall–Kier alpha value is -1.94. The predicted molar refractivity (Wildman–Crippen MR) is 70.3 cm³/mol. The summed E-state index contributed by atoms with van der Waals surface area (Å²) in [6.45, 7) is 0. The van der Waals surface area contributed by atoms with Crippen molar-refractivity contribution in [1.29, 1.82) is 0 Å². The lowest BCUT2D eigenvalue weighted by Gasteiger charge is -2.15. The van der Waals surface area contributed by atoms with Gasteiger partial charge in [-0.15, -0.1) is 0 Å². The van der Waals surface area contributed by atoms with E-state index in [2.05, 4.69) is 4.40 Å². The Morgan fingerprint density at radius 3 is 2.33 bits per heavy atom. The highest BCUT2D eigenvalue weighted by Crippen LogP contribution is 2.25. The number of sulfonamides is 1. The van der Waals surface area contributed by atoms with Gasteiger partial charge in [-0.2, -0.15) is 12.8 Å². The summed E-state index contributed by atoms with van der Waals surface area (Å²) in [4.78, 5) is 0.324. The lowest BCUT2D eigenvalue weighted by molar-refractivity contribution is 0.596. The Bertz CT molecular complexity index is 718. The molecule has 0 N–H and O–H groups in total. The molecule has 0 unspecified atom stereocenters. The highest BCUT2D eigenvalue weighted by molar-refractivity contribution is 7.90. The molecule has 3 rings (SSSR count). The van der Waals surface area contributed by atoms with E-state index in [9.17, 15) is 8.42 Å². The molecule has 0 aliphatic carbocycles. The van der Waals surface area contributed by atoms with Crippen molar-refractivity contribution in [3.05, 3.63) is 65.7 Å². The van der Waals surface area contributed by atoms with Gasteiger partial charge in [0.25, 0.3) is 10.0 Å². The number of rotatable bonds is 1. The van der Waals surface area contributed by atoms with Crippen LogP contribution in [0.25, 0.3) is 0 Å². The van der Waals surface area contributed by atoms with E-state index < -0.39 is 10.0 Å². The molecule has 1 heterocycles. The van der Waals surface area contributed by atoms with Crippen LogP contribution in [0.5, 0.6) is 0 Å². The third kappa shape index (κ3) is 1.84. The van der Waals surface area contributed by atoms with E-state index in [0.717, 1.165) is 11.1 Å². The molecule has 1 aliphatic heterocycles. The molecular weight excluding hydrogens is 246 g/mol. The molecule has 90 valence electrons. The first kappa shape index (κ1) is 11.2. The summed E-state index contributed by atoms with van der Waals surface area (Å²) in [5.74, 6) is 0. The maximum atomic E-state index is 12.1. The molecule has 2 aromatic carbocycles. The largest absolute Gasteiger partial charge is 0.282 e. The van der Waals surface area contributed by atoms with E-state index in [1.165, 1.54) is 0 Å². The summed E-state index contributed by atoms with van der Waals surface area (Å²) in [5.41, 5.74) is 2.27. The van der Waals surface area contributed by atoms with Crippen molar-refractivity contribution in [3.8, 4) is 0 Å². The van der Waals surface area contributed by atoms with Gasteiger partial charge in [0, 0.05) is 6.42 Å². The van der Waals surface area contributed by atoms with Gasteiger partial charge in [-0.25, -0.2) is 0 Å². The fraction of sp³-hybridized carbons (Fsp3) is 0.0714. The van der Waals surface area contributed by atoms with Crippen molar-refractivity contribution in [2.24, 2.45) is 4.40 Å². The molecule has 0 amide bonds. The summed E-state index contributed by atoms with van der Waals surface area (Å²) >= 11 is 0. The fourth-order valence-electron chi connectivity index (χ4n) is 2.09. The maximum Gasteiger partial charge on any atom is 0.282 e. The monoisotopic (exact) mass is 257 g/mol. The van der Waals surface area contributed by atoms with Crippen LogP contribution in [0.15, 0.2) is 63.9 Å². The Morgan fingerprint density at radius 1 is 0.889 bits per heavy atom. The molecule has 0 saturated heterocycles. The van der Waals surface area contributed by atoms with Crippen LogP contribution in [0.3, 0.4) is 0 Å². The average molecular weight is 257 g/mol. The molecule has 3 nitrogen and oxygen atoms in total. The van der Waals surface area contributed by atoms with Gasteiger partial charge in [-0.05, 0) is 17.2 Å². The normalized spacial score (nSPS) is 16.8. The van der Waals surface area contributed by atoms with Crippen molar-refractivity contribution in [1.82, 2.24) is 0 Å². The fourth-order valence-corrected chi connectivity index (χ4v) is 3.37. The first-order valence-corrected chi connectivity index (χ1v) is 7.08. The second kappa shape index (κ2) is 4.07. The molecule has 0 spiro atoms. The van der Waals surface area contributed by atoms with Crippen molar-refractivity contribution in [3.63, 3.8) is 0 Å². The van der Waals surface area contributed by atoms with Crippen LogP contribution in [0, 0.1) is 0 Å². The summed E-state index contributed by atoms with van der Waals surface area (Å²) in [6.07, 6.45) is 0.555. The van der Waals surface area contributed by atoms with E-state index >= 15 is 0 Å². The van der Waals surface area contributed by atoms with Crippen LogP contribution in [0.4, 0.5) is 0 Å². The van der Waals surface area contributed by atoms with Gasteiger partial charge >= 0.3 is 0 Å². The predicted octanol–water partition coefficient (Wildman–Crippen LogP) is 2.42. The van der Waals surface area contributed by atoms with Crippen molar-refractivity contribution < 1.29 is 8.42 Å². The van der Waals surface area contributed by atoms with Gasteiger partial charge < -0.3 is 0 Å². The van der Waals surface area contributed by atoms with E-state index in [1.807, 2.05) is 42.5 Å². The van der Waals surface area contributed by atoms with Crippen molar-refractivity contribution in [2.45, 2.75) is 11.3 Å². The minimum atomic E-state index is -3.55. The Balaban J connectivity index is 2.16. The standard InChI is InChI=1S/C14H11NO2S/c16-18(17)14-9-5-4-8-12(14)10-13(15-18)11-6-2-1-3-7-11/h1-9H,10H2. The van der Waals surface area contributed by atoms with Crippen LogP contribution >= 0.6 is 0 Å². The molecule has 0 fully saturated rings. The summed E-state index contributed by atoms with van der Waals surface area (Å²) in [6, 6.07) is 16.4. The highest BCUT2D eigenvalue weighted by atomic mass is 32.2. The third-order valence-electron chi connectivity index (χ3n) is 2.95. The first-order chi connectivity index (χ1) is 8.67. The lowest BCUT2D eigenvalue weighted by Crippen LogP contribution is -2.17. The lowest BCUT2D eigenvalue weighted by atomic mass is 10.0. The van der Waals surface area contributed by atoms with Crippen LogP contribution in [-0.4, -0.2) is 14.1 Å². The highest BCUT2D eigenvalue weighted by Gasteiger charge is 2.24. The molecular formula is C14H11NO2S. The Labute approximate surface area is 106 Å². The van der Waals surface area contributed by atoms with Crippen LogP contribution in [0.2, 0.25) is 0 Å². The van der Waals surface area contributed by atoms with E-state index in [-0.39, 0.29) is 0 Å². The molecule has 0 radical (unpaired) electrons. The average Bonchev–Trinajstić information content (AvgIpc) is 2.39. The molecule has 0 bridgehead atoms. The van der Waals surface area contributed by atoms with Crippen LogP contribution in [0.1, 0.15) is 11.1 Å². The minimum Gasteiger partial charge on any atom is -0.199 e. The molecule has 18 heavy (non-hydrogen) atoms. The summed E-state index contributed by atoms with van der Waals surface area (Å²) in [7, 11) is -3.55. The van der Waals surface area contributed by atoms with E-state index in [1.54, 1.807) is 12.1 Å².